The second-order valence-corrected chi connectivity index (χ2v) is 5.36. The zero-order valence-electron chi connectivity index (χ0n) is 12.9. The van der Waals surface area contributed by atoms with Gasteiger partial charge >= 0.3 is 0 Å². The highest BCUT2D eigenvalue weighted by atomic mass is 19.1. The van der Waals surface area contributed by atoms with E-state index in [1.54, 1.807) is 19.1 Å². The average molecular weight is 330 g/mol. The molecule has 3 rings (SSSR count). The molecule has 2 amide bonds. The van der Waals surface area contributed by atoms with Gasteiger partial charge in [-0.1, -0.05) is 0 Å². The van der Waals surface area contributed by atoms with Gasteiger partial charge in [0, 0.05) is 18.4 Å². The number of hydrogen-bond donors (Lipinski definition) is 2. The molecule has 1 aromatic heterocycles. The molecule has 7 nitrogen and oxygen atoms in total. The number of amides is 2. The SMILES string of the molecule is CC(NC(=O)C1=NNC(=O)CC1)c1ncc(-c2ccc(F)cc2)o1. The minimum Gasteiger partial charge on any atom is -0.438 e. The van der Waals surface area contributed by atoms with Gasteiger partial charge in [0.15, 0.2) is 5.76 Å². The summed E-state index contributed by atoms with van der Waals surface area (Å²) in [4.78, 5) is 27.3. The van der Waals surface area contributed by atoms with Gasteiger partial charge in [0.1, 0.15) is 17.6 Å². The number of halogens is 1. The first-order valence-corrected chi connectivity index (χ1v) is 7.41. The summed E-state index contributed by atoms with van der Waals surface area (Å²) in [7, 11) is 0. The van der Waals surface area contributed by atoms with Crippen molar-refractivity contribution in [2.75, 3.05) is 0 Å². The Hall–Kier alpha value is -3.03. The summed E-state index contributed by atoms with van der Waals surface area (Å²) < 4.78 is 18.6. The summed E-state index contributed by atoms with van der Waals surface area (Å²) in [5, 5.41) is 6.45. The molecule has 8 heteroatoms. The van der Waals surface area contributed by atoms with E-state index in [0.29, 0.717) is 17.2 Å². The van der Waals surface area contributed by atoms with Gasteiger partial charge in [0.2, 0.25) is 11.8 Å². The summed E-state index contributed by atoms with van der Waals surface area (Å²) in [5.41, 5.74) is 3.22. The van der Waals surface area contributed by atoms with E-state index in [-0.39, 0.29) is 36.2 Å². The fourth-order valence-electron chi connectivity index (χ4n) is 2.21. The number of carbonyl (C=O) groups excluding carboxylic acids is 2. The first kappa shape index (κ1) is 15.9. The highest BCUT2D eigenvalue weighted by Crippen LogP contribution is 2.23. The van der Waals surface area contributed by atoms with Crippen LogP contribution in [0.3, 0.4) is 0 Å². The molecule has 2 N–H and O–H groups in total. The maximum absolute atomic E-state index is 12.9. The third-order valence-corrected chi connectivity index (χ3v) is 3.54. The molecule has 1 atom stereocenters. The highest BCUT2D eigenvalue weighted by Gasteiger charge is 2.22. The summed E-state index contributed by atoms with van der Waals surface area (Å²) >= 11 is 0. The molecule has 1 aliphatic heterocycles. The van der Waals surface area contributed by atoms with Gasteiger partial charge in [-0.05, 0) is 31.2 Å². The van der Waals surface area contributed by atoms with Crippen LogP contribution in [0.25, 0.3) is 11.3 Å². The van der Waals surface area contributed by atoms with Crippen LogP contribution in [-0.2, 0) is 9.59 Å². The minimum absolute atomic E-state index is 0.212. The van der Waals surface area contributed by atoms with Crippen molar-refractivity contribution in [1.82, 2.24) is 15.7 Å². The Morgan fingerprint density at radius 3 is 2.75 bits per heavy atom. The first-order valence-electron chi connectivity index (χ1n) is 7.41. The van der Waals surface area contributed by atoms with Crippen LogP contribution in [0.4, 0.5) is 4.39 Å². The van der Waals surface area contributed by atoms with Gasteiger partial charge in [-0.25, -0.2) is 14.8 Å². The van der Waals surface area contributed by atoms with Crippen molar-refractivity contribution in [2.45, 2.75) is 25.8 Å². The number of nitrogens with zero attached hydrogens (tertiary/aromatic N) is 2. The molecule has 0 aliphatic carbocycles. The molecule has 1 aliphatic rings. The highest BCUT2D eigenvalue weighted by molar-refractivity contribution is 6.39. The first-order chi connectivity index (χ1) is 11.5. The van der Waals surface area contributed by atoms with E-state index in [1.165, 1.54) is 18.3 Å². The van der Waals surface area contributed by atoms with Crippen LogP contribution in [0.15, 0.2) is 40.0 Å². The van der Waals surface area contributed by atoms with Crippen molar-refractivity contribution in [3.63, 3.8) is 0 Å². The topological polar surface area (TPSA) is 96.6 Å². The molecule has 1 unspecified atom stereocenters. The summed E-state index contributed by atoms with van der Waals surface area (Å²) in [5.74, 6) is -0.128. The molecule has 0 radical (unpaired) electrons. The average Bonchev–Trinajstić information content (AvgIpc) is 3.06. The Morgan fingerprint density at radius 2 is 2.08 bits per heavy atom. The van der Waals surface area contributed by atoms with Gasteiger partial charge < -0.3 is 9.73 Å². The largest absolute Gasteiger partial charge is 0.438 e. The van der Waals surface area contributed by atoms with Gasteiger partial charge in [-0.15, -0.1) is 0 Å². The smallest absolute Gasteiger partial charge is 0.268 e. The molecular weight excluding hydrogens is 315 g/mol. The van der Waals surface area contributed by atoms with Crippen LogP contribution in [0.1, 0.15) is 31.7 Å². The lowest BCUT2D eigenvalue weighted by Gasteiger charge is -2.14. The Labute approximate surface area is 137 Å². The zero-order chi connectivity index (χ0) is 17.1. The summed E-state index contributed by atoms with van der Waals surface area (Å²) in [6.45, 7) is 1.72. The lowest BCUT2D eigenvalue weighted by Crippen LogP contribution is -2.38. The van der Waals surface area contributed by atoms with E-state index >= 15 is 0 Å². The lowest BCUT2D eigenvalue weighted by atomic mass is 10.1. The van der Waals surface area contributed by atoms with Crippen LogP contribution in [0, 0.1) is 5.82 Å². The van der Waals surface area contributed by atoms with Crippen molar-refractivity contribution in [1.29, 1.82) is 0 Å². The van der Waals surface area contributed by atoms with Crippen LogP contribution >= 0.6 is 0 Å². The van der Waals surface area contributed by atoms with E-state index in [2.05, 4.69) is 20.8 Å². The molecule has 0 spiro atoms. The van der Waals surface area contributed by atoms with Gasteiger partial charge in [-0.3, -0.25) is 9.59 Å². The van der Waals surface area contributed by atoms with Crippen molar-refractivity contribution in [3.05, 3.63) is 42.2 Å². The van der Waals surface area contributed by atoms with Crippen LogP contribution in [-0.4, -0.2) is 22.5 Å². The second kappa shape index (κ2) is 6.61. The molecule has 0 saturated heterocycles. The normalized spacial score (nSPS) is 15.4. The standard InChI is InChI=1S/C16H15FN4O3/c1-9(19-15(23)12-6-7-14(22)21-20-12)16-18-8-13(24-16)10-2-4-11(17)5-3-10/h2-5,8-9H,6-7H2,1H3,(H,19,23)(H,21,22). The molecule has 124 valence electrons. The number of oxazole rings is 1. The number of nitrogens with one attached hydrogen (secondary N) is 2. The van der Waals surface area contributed by atoms with Gasteiger partial charge in [0.05, 0.1) is 6.20 Å². The predicted octanol–water partition coefficient (Wildman–Crippen LogP) is 1.92. The molecule has 0 fully saturated rings. The number of hydrogen-bond acceptors (Lipinski definition) is 5. The molecule has 0 saturated carbocycles. The number of benzene rings is 1. The minimum atomic E-state index is -0.480. The van der Waals surface area contributed by atoms with E-state index in [1.807, 2.05) is 0 Å². The van der Waals surface area contributed by atoms with E-state index < -0.39 is 6.04 Å². The molecule has 24 heavy (non-hydrogen) atoms. The van der Waals surface area contributed by atoms with E-state index in [9.17, 15) is 14.0 Å². The molecule has 2 heterocycles. The molecule has 1 aromatic carbocycles. The summed E-state index contributed by atoms with van der Waals surface area (Å²) in [6.07, 6.45) is 2.04. The third kappa shape index (κ3) is 3.48. The van der Waals surface area contributed by atoms with Gasteiger partial charge in [-0.2, -0.15) is 5.10 Å². The van der Waals surface area contributed by atoms with E-state index in [0.717, 1.165) is 0 Å². The number of carbonyl (C=O) groups is 2. The van der Waals surface area contributed by atoms with Crippen molar-refractivity contribution < 1.29 is 18.4 Å². The number of aromatic nitrogens is 1. The maximum Gasteiger partial charge on any atom is 0.268 e. The molecular formula is C16H15FN4O3. The van der Waals surface area contributed by atoms with Crippen LogP contribution in [0.2, 0.25) is 0 Å². The van der Waals surface area contributed by atoms with Gasteiger partial charge in [0.25, 0.3) is 5.91 Å². The monoisotopic (exact) mass is 330 g/mol. The quantitative estimate of drug-likeness (QED) is 0.895. The Morgan fingerprint density at radius 1 is 1.33 bits per heavy atom. The molecule has 2 aromatic rings. The zero-order valence-corrected chi connectivity index (χ0v) is 12.9. The van der Waals surface area contributed by atoms with Crippen molar-refractivity contribution >= 4 is 17.5 Å². The second-order valence-electron chi connectivity index (χ2n) is 5.36. The number of hydrazone groups is 1. The Kier molecular flexibility index (Phi) is 4.37. The fourth-order valence-corrected chi connectivity index (χ4v) is 2.21. The number of rotatable bonds is 4. The van der Waals surface area contributed by atoms with Crippen LogP contribution in [0.5, 0.6) is 0 Å². The Bertz CT molecular complexity index is 798. The maximum atomic E-state index is 12.9. The lowest BCUT2D eigenvalue weighted by molar-refractivity contribution is -0.121. The molecule has 0 bridgehead atoms. The van der Waals surface area contributed by atoms with Crippen LogP contribution < -0.4 is 10.7 Å². The Balaban J connectivity index is 1.67. The van der Waals surface area contributed by atoms with Crippen molar-refractivity contribution in [3.8, 4) is 11.3 Å². The third-order valence-electron chi connectivity index (χ3n) is 3.54. The van der Waals surface area contributed by atoms with Crippen molar-refractivity contribution in [2.24, 2.45) is 5.10 Å². The summed E-state index contributed by atoms with van der Waals surface area (Å²) in [6, 6.07) is 5.35. The predicted molar refractivity (Wildman–Crippen MR) is 83.3 cm³/mol. The van der Waals surface area contributed by atoms with E-state index in [4.69, 9.17) is 4.42 Å². The fraction of sp³-hybridized carbons (Fsp3) is 0.250.